The molecule has 1 aromatic heterocycles. The molecule has 6 heteroatoms. The molecule has 210 valence electrons. The summed E-state index contributed by atoms with van der Waals surface area (Å²) in [6, 6.07) is 4.06. The number of nitrogens with zero attached hydrogens (tertiary/aromatic N) is 1. The van der Waals surface area contributed by atoms with Crippen molar-refractivity contribution in [3.05, 3.63) is 52.4 Å². The third-order valence-electron chi connectivity index (χ3n) is 6.77. The highest BCUT2D eigenvalue weighted by atomic mass is 16.5. The second-order valence-electron chi connectivity index (χ2n) is 9.63. The molecule has 1 aromatic carbocycles. The zero-order chi connectivity index (χ0) is 27.8. The molecule has 38 heavy (non-hydrogen) atoms. The van der Waals surface area contributed by atoms with Crippen molar-refractivity contribution in [2.24, 2.45) is 0 Å². The van der Waals surface area contributed by atoms with Crippen LogP contribution in [0, 0.1) is 13.8 Å². The summed E-state index contributed by atoms with van der Waals surface area (Å²) in [4.78, 5) is 17.1. The predicted molar refractivity (Wildman–Crippen MR) is 154 cm³/mol. The van der Waals surface area contributed by atoms with E-state index in [1.165, 1.54) is 24.8 Å². The van der Waals surface area contributed by atoms with Crippen LogP contribution >= 0.6 is 0 Å². The molecular formula is C32H47NO5. The van der Waals surface area contributed by atoms with E-state index in [1.54, 1.807) is 20.4 Å². The zero-order valence-corrected chi connectivity index (χ0v) is 24.4. The van der Waals surface area contributed by atoms with Gasteiger partial charge in [-0.3, -0.25) is 4.98 Å². The summed E-state index contributed by atoms with van der Waals surface area (Å²) >= 11 is 0. The van der Waals surface area contributed by atoms with Crippen LogP contribution in [0.4, 0.5) is 0 Å². The average Bonchev–Trinajstić information content (AvgIpc) is 2.92. The molecule has 0 bridgehead atoms. The minimum absolute atomic E-state index is 0.292. The van der Waals surface area contributed by atoms with Gasteiger partial charge in [0, 0.05) is 34.7 Å². The summed E-state index contributed by atoms with van der Waals surface area (Å²) in [5.41, 5.74) is 4.48. The van der Waals surface area contributed by atoms with Crippen molar-refractivity contribution in [3.63, 3.8) is 0 Å². The summed E-state index contributed by atoms with van der Waals surface area (Å²) in [6.45, 7) is 8.96. The van der Waals surface area contributed by atoms with Crippen molar-refractivity contribution in [1.82, 2.24) is 4.98 Å². The van der Waals surface area contributed by atoms with Gasteiger partial charge in [-0.25, -0.2) is 4.79 Å². The number of hydrogen-bond acceptors (Lipinski definition) is 6. The fourth-order valence-corrected chi connectivity index (χ4v) is 4.70. The van der Waals surface area contributed by atoms with Crippen molar-refractivity contribution in [2.75, 3.05) is 27.4 Å². The number of pyridine rings is 1. The molecular weight excluding hydrogens is 478 g/mol. The molecule has 0 atom stereocenters. The Balaban J connectivity index is 2.27. The molecule has 0 saturated carbocycles. The number of ether oxygens (including phenoxy) is 4. The maximum absolute atomic E-state index is 12.9. The lowest BCUT2D eigenvalue weighted by molar-refractivity contribution is -0.138. The van der Waals surface area contributed by atoms with E-state index >= 15 is 0 Å². The molecule has 0 amide bonds. The summed E-state index contributed by atoms with van der Waals surface area (Å²) in [5.74, 6) is 1.76. The van der Waals surface area contributed by atoms with Gasteiger partial charge in [0.1, 0.15) is 5.75 Å². The first-order valence-electron chi connectivity index (χ1n) is 14.1. The standard InChI is InChI=1S/C32H47NO5/c1-7-9-10-11-15-21-38-30-25(4)29(35-5)24(3)28(31(30)36-6)22-27(32(34)37-8-2)19-14-12-13-17-26-18-16-20-33-23-26/h16,18,20,22-23H,7-15,17,19,21H2,1-6H3/b27-22+. The summed E-state index contributed by atoms with van der Waals surface area (Å²) < 4.78 is 23.3. The Morgan fingerprint density at radius 2 is 1.63 bits per heavy atom. The third kappa shape index (κ3) is 9.38. The maximum Gasteiger partial charge on any atom is 0.334 e. The quantitative estimate of drug-likeness (QED) is 0.112. The number of hydrogen-bond donors (Lipinski definition) is 0. The number of aromatic nitrogens is 1. The van der Waals surface area contributed by atoms with Crippen molar-refractivity contribution < 1.29 is 23.7 Å². The molecule has 0 aliphatic rings. The van der Waals surface area contributed by atoms with Gasteiger partial charge < -0.3 is 18.9 Å². The van der Waals surface area contributed by atoms with E-state index < -0.39 is 0 Å². The van der Waals surface area contributed by atoms with Gasteiger partial charge in [-0.2, -0.15) is 0 Å². The van der Waals surface area contributed by atoms with Crippen molar-refractivity contribution in [3.8, 4) is 17.2 Å². The van der Waals surface area contributed by atoms with Crippen LogP contribution in [0.3, 0.4) is 0 Å². The van der Waals surface area contributed by atoms with Gasteiger partial charge in [-0.1, -0.05) is 45.1 Å². The number of unbranched alkanes of at least 4 members (excludes halogenated alkanes) is 6. The second kappa shape index (κ2) is 17.5. The minimum Gasteiger partial charge on any atom is -0.496 e. The van der Waals surface area contributed by atoms with Gasteiger partial charge in [0.25, 0.3) is 0 Å². The van der Waals surface area contributed by atoms with E-state index in [-0.39, 0.29) is 5.97 Å². The molecule has 0 radical (unpaired) electrons. The molecule has 0 spiro atoms. The molecule has 0 fully saturated rings. The lowest BCUT2D eigenvalue weighted by atomic mass is 9.96. The van der Waals surface area contributed by atoms with E-state index in [0.29, 0.717) is 36.7 Å². The predicted octanol–water partition coefficient (Wildman–Crippen LogP) is 7.81. The number of carbonyl (C=O) groups excluding carboxylic acids is 1. The molecule has 0 aliphatic heterocycles. The second-order valence-corrected chi connectivity index (χ2v) is 9.63. The third-order valence-corrected chi connectivity index (χ3v) is 6.77. The molecule has 6 nitrogen and oxygen atoms in total. The zero-order valence-electron chi connectivity index (χ0n) is 24.4. The van der Waals surface area contributed by atoms with Crippen molar-refractivity contribution in [2.45, 2.75) is 91.9 Å². The Morgan fingerprint density at radius 1 is 0.895 bits per heavy atom. The fourth-order valence-electron chi connectivity index (χ4n) is 4.70. The largest absolute Gasteiger partial charge is 0.496 e. The van der Waals surface area contributed by atoms with Crippen LogP contribution < -0.4 is 14.2 Å². The van der Waals surface area contributed by atoms with Crippen LogP contribution in [-0.4, -0.2) is 38.4 Å². The van der Waals surface area contributed by atoms with Crippen LogP contribution in [0.25, 0.3) is 6.08 Å². The summed E-state index contributed by atoms with van der Waals surface area (Å²) in [6.07, 6.45) is 15.9. The first-order valence-corrected chi connectivity index (χ1v) is 14.1. The summed E-state index contributed by atoms with van der Waals surface area (Å²) in [5, 5.41) is 0. The first-order chi connectivity index (χ1) is 18.5. The Hall–Kier alpha value is -3.02. The monoisotopic (exact) mass is 525 g/mol. The highest BCUT2D eigenvalue weighted by molar-refractivity contribution is 5.95. The van der Waals surface area contributed by atoms with Gasteiger partial charge >= 0.3 is 5.97 Å². The Morgan fingerprint density at radius 3 is 2.29 bits per heavy atom. The number of carbonyl (C=O) groups is 1. The number of benzene rings is 1. The van der Waals surface area contributed by atoms with Gasteiger partial charge in [0.05, 0.1) is 27.4 Å². The van der Waals surface area contributed by atoms with E-state index in [0.717, 1.165) is 61.0 Å². The van der Waals surface area contributed by atoms with E-state index in [9.17, 15) is 4.79 Å². The summed E-state index contributed by atoms with van der Waals surface area (Å²) in [7, 11) is 3.31. The van der Waals surface area contributed by atoms with Crippen LogP contribution in [-0.2, 0) is 16.0 Å². The molecule has 1 heterocycles. The van der Waals surface area contributed by atoms with Crippen molar-refractivity contribution in [1.29, 1.82) is 0 Å². The maximum atomic E-state index is 12.9. The Labute approximate surface area is 229 Å². The lowest BCUT2D eigenvalue weighted by Crippen LogP contribution is -2.09. The molecule has 2 rings (SSSR count). The topological polar surface area (TPSA) is 66.9 Å². The van der Waals surface area contributed by atoms with Gasteiger partial charge in [-0.05, 0) is 70.6 Å². The van der Waals surface area contributed by atoms with E-state index in [2.05, 4.69) is 18.0 Å². The van der Waals surface area contributed by atoms with Gasteiger partial charge in [0.15, 0.2) is 11.5 Å². The smallest absolute Gasteiger partial charge is 0.334 e. The lowest BCUT2D eigenvalue weighted by Gasteiger charge is -2.21. The number of esters is 1. The van der Waals surface area contributed by atoms with E-state index in [4.69, 9.17) is 18.9 Å². The first kappa shape index (κ1) is 31.2. The Bertz CT molecular complexity index is 1020. The molecule has 0 unspecified atom stereocenters. The molecule has 0 aliphatic carbocycles. The number of methoxy groups -OCH3 is 2. The SMILES string of the molecule is CCCCCCCOc1c(C)c(OC)c(C)c(/C=C(\CCCCCc2cccnc2)C(=O)OCC)c1OC. The highest BCUT2D eigenvalue weighted by Gasteiger charge is 2.23. The minimum atomic E-state index is -0.292. The normalized spacial score (nSPS) is 11.4. The fraction of sp³-hybridized carbons (Fsp3) is 0.562. The van der Waals surface area contributed by atoms with Crippen molar-refractivity contribution >= 4 is 12.0 Å². The average molecular weight is 526 g/mol. The Kier molecular flexibility index (Phi) is 14.4. The molecule has 0 saturated heterocycles. The molecule has 0 N–H and O–H groups in total. The van der Waals surface area contributed by atoms with Gasteiger partial charge in [0.2, 0.25) is 0 Å². The van der Waals surface area contributed by atoms with Gasteiger partial charge in [-0.15, -0.1) is 0 Å². The van der Waals surface area contributed by atoms with Crippen LogP contribution in [0.15, 0.2) is 30.1 Å². The van der Waals surface area contributed by atoms with Crippen LogP contribution in [0.2, 0.25) is 0 Å². The number of rotatable bonds is 18. The highest BCUT2D eigenvalue weighted by Crippen LogP contribution is 2.45. The number of aryl methyl sites for hydroxylation is 1. The van der Waals surface area contributed by atoms with E-state index in [1.807, 2.05) is 39.1 Å². The van der Waals surface area contributed by atoms with Crippen LogP contribution in [0.5, 0.6) is 17.2 Å². The van der Waals surface area contributed by atoms with Crippen LogP contribution in [0.1, 0.15) is 93.9 Å². The molecule has 2 aromatic rings.